The van der Waals surface area contributed by atoms with Gasteiger partial charge in [0, 0.05) is 31.9 Å². The average molecular weight is 351 g/mol. The minimum atomic E-state index is -0.488. The number of hydrogen-bond donors (Lipinski definition) is 0. The summed E-state index contributed by atoms with van der Waals surface area (Å²) in [6, 6.07) is 15.6. The van der Waals surface area contributed by atoms with Gasteiger partial charge in [-0.1, -0.05) is 24.3 Å². The Labute approximate surface area is 151 Å². The number of aromatic nitrogens is 1. The number of carbonyl (C=O) groups is 1. The number of nitrogens with zero attached hydrogens (tertiary/aromatic N) is 3. The van der Waals surface area contributed by atoms with E-state index in [2.05, 4.69) is 36.1 Å². The lowest BCUT2D eigenvalue weighted by molar-refractivity contribution is -0.132. The summed E-state index contributed by atoms with van der Waals surface area (Å²) in [6.45, 7) is 4.97. The highest BCUT2D eigenvalue weighted by Crippen LogP contribution is 2.18. The van der Waals surface area contributed by atoms with Gasteiger partial charge in [-0.2, -0.15) is 0 Å². The van der Waals surface area contributed by atoms with E-state index in [-0.39, 0.29) is 12.5 Å². The molecule has 0 radical (unpaired) electrons. The maximum Gasteiger partial charge on any atom is 0.420 e. The van der Waals surface area contributed by atoms with Crippen LogP contribution in [0.15, 0.2) is 57.7 Å². The summed E-state index contributed by atoms with van der Waals surface area (Å²) in [7, 11) is 0. The summed E-state index contributed by atoms with van der Waals surface area (Å²) in [5.41, 5.74) is 3.58. The van der Waals surface area contributed by atoms with Crippen LogP contribution in [0.3, 0.4) is 0 Å². The molecule has 2 heterocycles. The van der Waals surface area contributed by atoms with Gasteiger partial charge in [0.15, 0.2) is 5.58 Å². The van der Waals surface area contributed by atoms with Gasteiger partial charge in [-0.05, 0) is 36.8 Å². The lowest BCUT2D eigenvalue weighted by atomic mass is 10.2. The van der Waals surface area contributed by atoms with Crippen LogP contribution in [0.5, 0.6) is 0 Å². The average Bonchev–Trinajstić information content (AvgIpc) is 2.97. The van der Waals surface area contributed by atoms with Gasteiger partial charge in [-0.3, -0.25) is 9.36 Å². The van der Waals surface area contributed by atoms with Gasteiger partial charge >= 0.3 is 5.76 Å². The van der Waals surface area contributed by atoms with Crippen molar-refractivity contribution in [3.63, 3.8) is 0 Å². The summed E-state index contributed by atoms with van der Waals surface area (Å²) >= 11 is 0. The number of rotatable bonds is 3. The van der Waals surface area contributed by atoms with Gasteiger partial charge in [0.1, 0.15) is 6.54 Å². The van der Waals surface area contributed by atoms with Crippen molar-refractivity contribution in [1.29, 1.82) is 0 Å². The molecule has 1 amide bonds. The van der Waals surface area contributed by atoms with Gasteiger partial charge < -0.3 is 14.2 Å². The molecule has 6 nitrogen and oxygen atoms in total. The van der Waals surface area contributed by atoms with Gasteiger partial charge in [0.25, 0.3) is 0 Å². The molecule has 4 rings (SSSR count). The molecule has 0 aliphatic carbocycles. The first-order valence-electron chi connectivity index (χ1n) is 8.79. The molecule has 0 saturated carbocycles. The fraction of sp³-hybridized carbons (Fsp3) is 0.300. The zero-order valence-corrected chi connectivity index (χ0v) is 14.7. The Bertz CT molecular complexity index is 997. The third-order valence-corrected chi connectivity index (χ3v) is 4.87. The molecular formula is C20H21N3O3. The zero-order chi connectivity index (χ0) is 18.1. The van der Waals surface area contributed by atoms with Crippen molar-refractivity contribution in [2.75, 3.05) is 31.1 Å². The Hall–Kier alpha value is -3.02. The quantitative estimate of drug-likeness (QED) is 0.726. The monoisotopic (exact) mass is 351 g/mol. The normalized spacial score (nSPS) is 14.8. The number of amides is 1. The minimum absolute atomic E-state index is 0.0142. The highest BCUT2D eigenvalue weighted by atomic mass is 16.4. The summed E-state index contributed by atoms with van der Waals surface area (Å²) in [6.07, 6.45) is 0. The van der Waals surface area contributed by atoms with E-state index in [4.69, 9.17) is 4.42 Å². The summed E-state index contributed by atoms with van der Waals surface area (Å²) in [4.78, 5) is 28.8. The fourth-order valence-corrected chi connectivity index (χ4v) is 3.44. The number of carbonyl (C=O) groups excluding carboxylic acids is 1. The number of hydrogen-bond acceptors (Lipinski definition) is 4. The van der Waals surface area contributed by atoms with E-state index in [1.165, 1.54) is 15.8 Å². The largest absolute Gasteiger partial charge is 0.420 e. The first-order chi connectivity index (χ1) is 12.6. The van der Waals surface area contributed by atoms with E-state index < -0.39 is 5.76 Å². The molecule has 0 atom stereocenters. The zero-order valence-electron chi connectivity index (χ0n) is 14.7. The van der Waals surface area contributed by atoms with Crippen molar-refractivity contribution in [3.8, 4) is 0 Å². The molecule has 1 aliphatic heterocycles. The number of piperazine rings is 1. The second kappa shape index (κ2) is 6.71. The Balaban J connectivity index is 1.44. The molecule has 0 N–H and O–H groups in total. The molecule has 2 aromatic carbocycles. The van der Waals surface area contributed by atoms with Crippen LogP contribution in [-0.2, 0) is 11.3 Å². The number of para-hydroxylation sites is 2. The third kappa shape index (κ3) is 3.10. The van der Waals surface area contributed by atoms with Crippen LogP contribution in [0, 0.1) is 6.92 Å². The van der Waals surface area contributed by atoms with Gasteiger partial charge in [0.2, 0.25) is 5.91 Å². The van der Waals surface area contributed by atoms with Gasteiger partial charge in [0.05, 0.1) is 5.52 Å². The van der Waals surface area contributed by atoms with E-state index in [1.54, 1.807) is 12.1 Å². The lowest BCUT2D eigenvalue weighted by Crippen LogP contribution is -2.50. The predicted molar refractivity (Wildman–Crippen MR) is 100 cm³/mol. The number of fused-ring (bicyclic) bond motifs is 1. The summed E-state index contributed by atoms with van der Waals surface area (Å²) in [5, 5.41) is 0. The number of oxazole rings is 1. The number of benzene rings is 2. The molecule has 0 unspecified atom stereocenters. The molecule has 0 bridgehead atoms. The van der Waals surface area contributed by atoms with Crippen LogP contribution in [0.1, 0.15) is 5.56 Å². The molecule has 1 saturated heterocycles. The molecule has 6 heteroatoms. The van der Waals surface area contributed by atoms with Crippen LogP contribution in [-0.4, -0.2) is 41.6 Å². The maximum atomic E-state index is 12.7. The third-order valence-electron chi connectivity index (χ3n) is 4.87. The van der Waals surface area contributed by atoms with Crippen molar-refractivity contribution in [2.45, 2.75) is 13.5 Å². The van der Waals surface area contributed by atoms with Crippen molar-refractivity contribution in [3.05, 3.63) is 64.6 Å². The topological polar surface area (TPSA) is 58.7 Å². The predicted octanol–water partition coefficient (Wildman–Crippen LogP) is 2.25. The first kappa shape index (κ1) is 16.4. The van der Waals surface area contributed by atoms with Crippen LogP contribution in [0.25, 0.3) is 11.1 Å². The Kier molecular flexibility index (Phi) is 4.24. The van der Waals surface area contributed by atoms with Crippen LogP contribution in [0.4, 0.5) is 5.69 Å². The maximum absolute atomic E-state index is 12.7. The molecular weight excluding hydrogens is 330 g/mol. The summed E-state index contributed by atoms with van der Waals surface area (Å²) < 4.78 is 6.61. The Morgan fingerprint density at radius 1 is 1.04 bits per heavy atom. The van der Waals surface area contributed by atoms with Crippen molar-refractivity contribution in [1.82, 2.24) is 9.47 Å². The van der Waals surface area contributed by atoms with Crippen molar-refractivity contribution >= 4 is 22.7 Å². The van der Waals surface area contributed by atoms with Gasteiger partial charge in [-0.15, -0.1) is 0 Å². The summed E-state index contributed by atoms with van der Waals surface area (Å²) in [5.74, 6) is -0.541. The van der Waals surface area contributed by atoms with E-state index >= 15 is 0 Å². The van der Waals surface area contributed by atoms with E-state index in [1.807, 2.05) is 17.0 Å². The van der Waals surface area contributed by atoms with Crippen LogP contribution < -0.4 is 10.7 Å². The van der Waals surface area contributed by atoms with E-state index in [9.17, 15) is 9.59 Å². The van der Waals surface area contributed by atoms with Crippen LogP contribution >= 0.6 is 0 Å². The molecule has 26 heavy (non-hydrogen) atoms. The number of aryl methyl sites for hydroxylation is 1. The lowest BCUT2D eigenvalue weighted by Gasteiger charge is -2.36. The van der Waals surface area contributed by atoms with E-state index in [0.29, 0.717) is 24.2 Å². The Morgan fingerprint density at radius 3 is 2.58 bits per heavy atom. The highest BCUT2D eigenvalue weighted by molar-refractivity contribution is 5.79. The second-order valence-electron chi connectivity index (χ2n) is 6.63. The SMILES string of the molecule is Cc1cccc(N2CCN(C(=O)Cn3c(=O)oc4ccccc43)CC2)c1. The smallest absolute Gasteiger partial charge is 0.408 e. The van der Waals surface area contributed by atoms with E-state index in [0.717, 1.165) is 13.1 Å². The molecule has 1 fully saturated rings. The van der Waals surface area contributed by atoms with Crippen molar-refractivity contribution in [2.24, 2.45) is 0 Å². The minimum Gasteiger partial charge on any atom is -0.408 e. The van der Waals surface area contributed by atoms with Crippen molar-refractivity contribution < 1.29 is 9.21 Å². The first-order valence-corrected chi connectivity index (χ1v) is 8.79. The number of anilines is 1. The van der Waals surface area contributed by atoms with Crippen LogP contribution in [0.2, 0.25) is 0 Å². The molecule has 1 aromatic heterocycles. The molecule has 1 aliphatic rings. The molecule has 0 spiro atoms. The van der Waals surface area contributed by atoms with Gasteiger partial charge in [-0.25, -0.2) is 4.79 Å². The molecule has 3 aromatic rings. The fourth-order valence-electron chi connectivity index (χ4n) is 3.44. The highest BCUT2D eigenvalue weighted by Gasteiger charge is 2.23. The Morgan fingerprint density at radius 2 is 1.81 bits per heavy atom. The molecule has 134 valence electrons. The standard InChI is InChI=1S/C20H21N3O3/c1-15-5-4-6-16(13-15)21-9-11-22(12-10-21)19(24)14-23-17-7-2-3-8-18(17)26-20(23)25/h2-8,13H,9-12,14H2,1H3. The second-order valence-corrected chi connectivity index (χ2v) is 6.63.